The van der Waals surface area contributed by atoms with E-state index in [4.69, 9.17) is 0 Å². The van der Waals surface area contributed by atoms with E-state index in [1.807, 2.05) is 13.8 Å². The first-order valence-corrected chi connectivity index (χ1v) is 4.08. The van der Waals surface area contributed by atoms with Gasteiger partial charge in [0.15, 0.2) is 0 Å². The standard InChI is InChI=1S/C8H16N2O2/c1-7(2)5-8(6-12)10-9-3-4-11/h4,6-10H,3,5H2,1-2H3/t8-/m0/s1. The number of carbonyl (C=O) groups is 2. The average molecular weight is 172 g/mol. The van der Waals surface area contributed by atoms with Crippen molar-refractivity contribution in [2.45, 2.75) is 26.3 Å². The minimum atomic E-state index is -0.204. The summed E-state index contributed by atoms with van der Waals surface area (Å²) in [6.45, 7) is 4.30. The Morgan fingerprint density at radius 2 is 2.00 bits per heavy atom. The van der Waals surface area contributed by atoms with Crippen LogP contribution in [0.4, 0.5) is 0 Å². The monoisotopic (exact) mass is 172 g/mol. The molecule has 0 saturated heterocycles. The number of nitrogens with one attached hydrogen (secondary N) is 2. The maximum atomic E-state index is 10.4. The van der Waals surface area contributed by atoms with Crippen LogP contribution in [0.25, 0.3) is 0 Å². The van der Waals surface area contributed by atoms with Crippen LogP contribution >= 0.6 is 0 Å². The molecule has 0 aliphatic heterocycles. The van der Waals surface area contributed by atoms with Crippen LogP contribution in [0.5, 0.6) is 0 Å². The summed E-state index contributed by atoms with van der Waals surface area (Å²) < 4.78 is 0. The van der Waals surface area contributed by atoms with Gasteiger partial charge in [0.25, 0.3) is 0 Å². The van der Waals surface area contributed by atoms with Gasteiger partial charge in [-0.25, -0.2) is 5.43 Å². The van der Waals surface area contributed by atoms with Crippen molar-refractivity contribution < 1.29 is 9.59 Å². The molecule has 0 aliphatic rings. The molecule has 0 radical (unpaired) electrons. The quantitative estimate of drug-likeness (QED) is 0.320. The molecule has 0 rings (SSSR count). The van der Waals surface area contributed by atoms with Gasteiger partial charge in [0, 0.05) is 0 Å². The van der Waals surface area contributed by atoms with Gasteiger partial charge in [-0.1, -0.05) is 13.8 Å². The predicted molar refractivity (Wildman–Crippen MR) is 46.5 cm³/mol. The third-order valence-corrected chi connectivity index (χ3v) is 1.36. The minimum absolute atomic E-state index is 0.204. The van der Waals surface area contributed by atoms with Crippen molar-refractivity contribution in [3.05, 3.63) is 0 Å². The maximum absolute atomic E-state index is 10.4. The fourth-order valence-corrected chi connectivity index (χ4v) is 0.888. The Morgan fingerprint density at radius 1 is 1.33 bits per heavy atom. The summed E-state index contributed by atoms with van der Waals surface area (Å²) in [5.74, 6) is 0.464. The summed E-state index contributed by atoms with van der Waals surface area (Å²) in [4.78, 5) is 20.3. The highest BCUT2D eigenvalue weighted by atomic mass is 16.1. The Bertz CT molecular complexity index is 137. The van der Waals surface area contributed by atoms with E-state index in [0.29, 0.717) is 5.92 Å². The smallest absolute Gasteiger partial charge is 0.138 e. The minimum Gasteiger partial charge on any atom is -0.302 e. The molecule has 4 heteroatoms. The van der Waals surface area contributed by atoms with Gasteiger partial charge in [-0.3, -0.25) is 5.43 Å². The Labute approximate surface area is 72.7 Å². The zero-order valence-corrected chi connectivity index (χ0v) is 7.54. The molecule has 2 N–H and O–H groups in total. The SMILES string of the molecule is CC(C)C[C@@H](C=O)NNCC=O. The molecule has 0 heterocycles. The molecule has 1 atom stereocenters. The molecule has 0 aromatic rings. The second-order valence-corrected chi connectivity index (χ2v) is 3.06. The van der Waals surface area contributed by atoms with E-state index in [2.05, 4.69) is 10.9 Å². The lowest BCUT2D eigenvalue weighted by atomic mass is 10.1. The molecule has 0 fully saturated rings. The van der Waals surface area contributed by atoms with E-state index < -0.39 is 0 Å². The second-order valence-electron chi connectivity index (χ2n) is 3.06. The molecule has 0 unspecified atom stereocenters. The normalized spacial score (nSPS) is 12.9. The van der Waals surface area contributed by atoms with Gasteiger partial charge in [-0.15, -0.1) is 0 Å². The number of aldehydes is 2. The van der Waals surface area contributed by atoms with Gasteiger partial charge in [-0.05, 0) is 12.3 Å². The Morgan fingerprint density at radius 3 is 2.42 bits per heavy atom. The molecule has 0 spiro atoms. The number of hydrazine groups is 1. The number of rotatable bonds is 7. The maximum Gasteiger partial charge on any atom is 0.138 e. The van der Waals surface area contributed by atoms with Crippen LogP contribution in [-0.2, 0) is 9.59 Å². The van der Waals surface area contributed by atoms with Crippen LogP contribution in [0.1, 0.15) is 20.3 Å². The highest BCUT2D eigenvalue weighted by Crippen LogP contribution is 2.01. The zero-order chi connectivity index (χ0) is 9.40. The lowest BCUT2D eigenvalue weighted by Gasteiger charge is -2.13. The first-order chi connectivity index (χ1) is 5.70. The Kier molecular flexibility index (Phi) is 6.51. The molecule has 0 aliphatic carbocycles. The van der Waals surface area contributed by atoms with Crippen molar-refractivity contribution in [3.8, 4) is 0 Å². The largest absolute Gasteiger partial charge is 0.302 e. The van der Waals surface area contributed by atoms with Gasteiger partial charge >= 0.3 is 0 Å². The third-order valence-electron chi connectivity index (χ3n) is 1.36. The first-order valence-electron chi connectivity index (χ1n) is 4.08. The van der Waals surface area contributed by atoms with Crippen LogP contribution in [0, 0.1) is 5.92 Å². The Hall–Kier alpha value is -0.740. The zero-order valence-electron chi connectivity index (χ0n) is 7.54. The van der Waals surface area contributed by atoms with Crippen molar-refractivity contribution in [1.29, 1.82) is 0 Å². The summed E-state index contributed by atoms with van der Waals surface area (Å²) in [6, 6.07) is -0.204. The van der Waals surface area contributed by atoms with Gasteiger partial charge in [0.1, 0.15) is 12.6 Å². The van der Waals surface area contributed by atoms with Gasteiger partial charge in [0.2, 0.25) is 0 Å². The molecule has 70 valence electrons. The van der Waals surface area contributed by atoms with Crippen LogP contribution < -0.4 is 10.9 Å². The summed E-state index contributed by atoms with van der Waals surface area (Å²) in [7, 11) is 0. The van der Waals surface area contributed by atoms with Gasteiger partial charge < -0.3 is 9.59 Å². The van der Waals surface area contributed by atoms with Crippen molar-refractivity contribution in [2.75, 3.05) is 6.54 Å². The summed E-state index contributed by atoms with van der Waals surface area (Å²) in [5.41, 5.74) is 5.39. The lowest BCUT2D eigenvalue weighted by Crippen LogP contribution is -2.43. The fourth-order valence-electron chi connectivity index (χ4n) is 0.888. The molecule has 0 saturated carbocycles. The van der Waals surface area contributed by atoms with Crippen LogP contribution in [0.15, 0.2) is 0 Å². The summed E-state index contributed by atoms with van der Waals surface area (Å²) >= 11 is 0. The van der Waals surface area contributed by atoms with Crippen LogP contribution in [0.3, 0.4) is 0 Å². The molecule has 4 nitrogen and oxygen atoms in total. The van der Waals surface area contributed by atoms with E-state index in [0.717, 1.165) is 19.0 Å². The van der Waals surface area contributed by atoms with E-state index >= 15 is 0 Å². The van der Waals surface area contributed by atoms with E-state index in [9.17, 15) is 9.59 Å². The summed E-state index contributed by atoms with van der Waals surface area (Å²) in [6.07, 6.45) is 2.36. The second kappa shape index (κ2) is 6.94. The molecule has 0 aromatic carbocycles. The number of hydrogen-bond donors (Lipinski definition) is 2. The number of hydrogen-bond acceptors (Lipinski definition) is 4. The van der Waals surface area contributed by atoms with E-state index in [-0.39, 0.29) is 12.6 Å². The molecular formula is C8H16N2O2. The van der Waals surface area contributed by atoms with Crippen molar-refractivity contribution in [2.24, 2.45) is 5.92 Å². The van der Waals surface area contributed by atoms with Crippen LogP contribution in [-0.4, -0.2) is 25.2 Å². The van der Waals surface area contributed by atoms with Gasteiger partial charge in [-0.2, -0.15) is 0 Å². The van der Waals surface area contributed by atoms with Crippen molar-refractivity contribution >= 4 is 12.6 Å². The lowest BCUT2D eigenvalue weighted by molar-refractivity contribution is -0.111. The topological polar surface area (TPSA) is 58.2 Å². The summed E-state index contributed by atoms with van der Waals surface area (Å²) in [5, 5.41) is 0. The molecular weight excluding hydrogens is 156 g/mol. The van der Waals surface area contributed by atoms with Crippen molar-refractivity contribution in [3.63, 3.8) is 0 Å². The Balaban J connectivity index is 3.52. The van der Waals surface area contributed by atoms with Gasteiger partial charge in [0.05, 0.1) is 12.6 Å². The van der Waals surface area contributed by atoms with E-state index in [1.54, 1.807) is 0 Å². The molecule has 12 heavy (non-hydrogen) atoms. The highest BCUT2D eigenvalue weighted by Gasteiger charge is 2.07. The average Bonchev–Trinajstić information content (AvgIpc) is 2.02. The van der Waals surface area contributed by atoms with E-state index in [1.165, 1.54) is 0 Å². The first kappa shape index (κ1) is 11.3. The predicted octanol–water partition coefficient (Wildman–Crippen LogP) is -0.107. The fraction of sp³-hybridized carbons (Fsp3) is 0.750. The molecule has 0 bridgehead atoms. The molecule has 0 aromatic heterocycles. The van der Waals surface area contributed by atoms with Crippen LogP contribution in [0.2, 0.25) is 0 Å². The van der Waals surface area contributed by atoms with Crippen molar-refractivity contribution in [1.82, 2.24) is 10.9 Å². The highest BCUT2D eigenvalue weighted by molar-refractivity contribution is 5.57. The molecule has 0 amide bonds. The third kappa shape index (κ3) is 6.00. The number of carbonyl (C=O) groups excluding carboxylic acids is 2.